The van der Waals surface area contributed by atoms with Gasteiger partial charge in [-0.2, -0.15) is 0 Å². The smallest absolute Gasteiger partial charge is 0.410 e. The van der Waals surface area contributed by atoms with Crippen molar-refractivity contribution in [2.75, 3.05) is 19.7 Å². The first-order valence-electron chi connectivity index (χ1n) is 7.24. The molecule has 0 unspecified atom stereocenters. The van der Waals surface area contributed by atoms with Crippen LogP contribution >= 0.6 is 0 Å². The first-order chi connectivity index (χ1) is 10.1. The number of hydrogen-bond donors (Lipinski definition) is 1. The number of carbonyl (C=O) groups excluding carboxylic acids is 2. The Morgan fingerprint density at radius 3 is 3.05 bits per heavy atom. The molecule has 0 spiro atoms. The monoisotopic (exact) mass is 294 g/mol. The molecular formula is C14H22N4O3. The van der Waals surface area contributed by atoms with Gasteiger partial charge in [-0.25, -0.2) is 9.78 Å². The lowest BCUT2D eigenvalue weighted by molar-refractivity contribution is -0.124. The van der Waals surface area contributed by atoms with E-state index in [2.05, 4.69) is 10.3 Å². The number of hydrogen-bond acceptors (Lipinski definition) is 4. The predicted molar refractivity (Wildman–Crippen MR) is 76.5 cm³/mol. The van der Waals surface area contributed by atoms with Crippen molar-refractivity contribution < 1.29 is 14.3 Å². The lowest BCUT2D eigenvalue weighted by Gasteiger charge is -2.22. The van der Waals surface area contributed by atoms with Crippen LogP contribution in [0.2, 0.25) is 0 Å². The molecule has 1 aromatic rings. The van der Waals surface area contributed by atoms with E-state index < -0.39 is 12.1 Å². The molecule has 1 aliphatic heterocycles. The minimum Gasteiger partial charge on any atom is -0.447 e. The van der Waals surface area contributed by atoms with Gasteiger partial charge in [0.25, 0.3) is 0 Å². The normalized spacial score (nSPS) is 18.1. The number of nitrogens with one attached hydrogen (secondary N) is 1. The van der Waals surface area contributed by atoms with Crippen molar-refractivity contribution in [2.24, 2.45) is 5.92 Å². The van der Waals surface area contributed by atoms with Gasteiger partial charge in [0, 0.05) is 32.0 Å². The molecule has 0 aliphatic carbocycles. The summed E-state index contributed by atoms with van der Waals surface area (Å²) in [6.45, 7) is 6.05. The van der Waals surface area contributed by atoms with Gasteiger partial charge in [-0.1, -0.05) is 13.8 Å². The summed E-state index contributed by atoms with van der Waals surface area (Å²) in [6.07, 6.45) is 5.77. The standard InChI is InChI=1S/C14H22N4O3/c1-11(2)8-18-12(9-21-14(18)20)13(19)16-4-3-6-17-7-5-15-10-17/h5,7,10-12H,3-4,6,8-9H2,1-2H3,(H,16,19)/t12-/m0/s1. The van der Waals surface area contributed by atoms with E-state index in [1.54, 1.807) is 12.5 Å². The molecule has 1 atom stereocenters. The zero-order valence-corrected chi connectivity index (χ0v) is 12.5. The third-order valence-electron chi connectivity index (χ3n) is 3.29. The Kier molecular flexibility index (Phi) is 5.19. The average molecular weight is 294 g/mol. The molecule has 1 fully saturated rings. The minimum absolute atomic E-state index is 0.138. The van der Waals surface area contributed by atoms with Crippen LogP contribution in [0.4, 0.5) is 4.79 Å². The van der Waals surface area contributed by atoms with E-state index in [-0.39, 0.29) is 12.5 Å². The van der Waals surface area contributed by atoms with Crippen LogP contribution in [0.25, 0.3) is 0 Å². The van der Waals surface area contributed by atoms with E-state index in [9.17, 15) is 9.59 Å². The Morgan fingerprint density at radius 1 is 1.57 bits per heavy atom. The molecule has 7 nitrogen and oxygen atoms in total. The van der Waals surface area contributed by atoms with Crippen LogP contribution in [0.1, 0.15) is 20.3 Å². The molecule has 0 saturated carbocycles. The molecule has 1 N–H and O–H groups in total. The van der Waals surface area contributed by atoms with Gasteiger partial charge in [0.15, 0.2) is 0 Å². The van der Waals surface area contributed by atoms with Gasteiger partial charge in [0.2, 0.25) is 5.91 Å². The second kappa shape index (κ2) is 7.10. The van der Waals surface area contributed by atoms with E-state index >= 15 is 0 Å². The van der Waals surface area contributed by atoms with E-state index in [0.717, 1.165) is 13.0 Å². The highest BCUT2D eigenvalue weighted by atomic mass is 16.6. The third kappa shape index (κ3) is 4.21. The highest BCUT2D eigenvalue weighted by Crippen LogP contribution is 2.14. The second-order valence-corrected chi connectivity index (χ2v) is 5.58. The van der Waals surface area contributed by atoms with Crippen molar-refractivity contribution >= 4 is 12.0 Å². The highest BCUT2D eigenvalue weighted by Gasteiger charge is 2.37. The highest BCUT2D eigenvalue weighted by molar-refractivity contribution is 5.87. The molecule has 0 radical (unpaired) electrons. The lowest BCUT2D eigenvalue weighted by Crippen LogP contribution is -2.47. The van der Waals surface area contributed by atoms with Crippen molar-refractivity contribution in [2.45, 2.75) is 32.9 Å². The topological polar surface area (TPSA) is 76.5 Å². The van der Waals surface area contributed by atoms with Crippen LogP contribution in [0.15, 0.2) is 18.7 Å². The first-order valence-corrected chi connectivity index (χ1v) is 7.24. The quantitative estimate of drug-likeness (QED) is 0.757. The first kappa shape index (κ1) is 15.3. The minimum atomic E-state index is -0.506. The zero-order valence-electron chi connectivity index (χ0n) is 12.5. The fourth-order valence-electron chi connectivity index (χ4n) is 2.27. The van der Waals surface area contributed by atoms with Crippen LogP contribution in [0, 0.1) is 5.92 Å². The van der Waals surface area contributed by atoms with E-state index in [1.807, 2.05) is 24.6 Å². The fourth-order valence-corrected chi connectivity index (χ4v) is 2.27. The summed E-state index contributed by atoms with van der Waals surface area (Å²) in [5.41, 5.74) is 0. The molecule has 2 rings (SSSR count). The number of aromatic nitrogens is 2. The number of ether oxygens (including phenoxy) is 1. The molecule has 116 valence electrons. The molecule has 1 aliphatic rings. The predicted octanol–water partition coefficient (Wildman–Crippen LogP) is 0.866. The van der Waals surface area contributed by atoms with Crippen molar-refractivity contribution in [3.63, 3.8) is 0 Å². The molecule has 0 aromatic carbocycles. The summed E-state index contributed by atoms with van der Waals surface area (Å²) < 4.78 is 6.94. The van der Waals surface area contributed by atoms with Gasteiger partial charge in [-0.05, 0) is 12.3 Å². The molecular weight excluding hydrogens is 272 g/mol. The maximum absolute atomic E-state index is 12.1. The lowest BCUT2D eigenvalue weighted by atomic mass is 10.1. The molecule has 21 heavy (non-hydrogen) atoms. The largest absolute Gasteiger partial charge is 0.447 e. The van der Waals surface area contributed by atoms with Crippen LogP contribution < -0.4 is 5.32 Å². The number of carbonyl (C=O) groups is 2. The zero-order chi connectivity index (χ0) is 15.2. The summed E-state index contributed by atoms with van der Waals surface area (Å²) in [7, 11) is 0. The van der Waals surface area contributed by atoms with Crippen molar-refractivity contribution in [1.29, 1.82) is 0 Å². The Balaban J connectivity index is 1.75. The maximum atomic E-state index is 12.1. The summed E-state index contributed by atoms with van der Waals surface area (Å²) in [6, 6.07) is -0.506. The van der Waals surface area contributed by atoms with Gasteiger partial charge in [-0.3, -0.25) is 9.69 Å². The molecule has 7 heteroatoms. The average Bonchev–Trinajstić information content (AvgIpc) is 3.05. The van der Waals surface area contributed by atoms with Gasteiger partial charge >= 0.3 is 6.09 Å². The number of nitrogens with zero attached hydrogens (tertiary/aromatic N) is 3. The molecule has 1 aromatic heterocycles. The maximum Gasteiger partial charge on any atom is 0.410 e. The van der Waals surface area contributed by atoms with E-state index in [1.165, 1.54) is 4.90 Å². The molecule has 2 heterocycles. The summed E-state index contributed by atoms with van der Waals surface area (Å²) in [5.74, 6) is 0.152. The van der Waals surface area contributed by atoms with Crippen LogP contribution in [-0.2, 0) is 16.1 Å². The summed E-state index contributed by atoms with van der Waals surface area (Å²) >= 11 is 0. The second-order valence-electron chi connectivity index (χ2n) is 5.58. The van der Waals surface area contributed by atoms with Crippen LogP contribution in [0.5, 0.6) is 0 Å². The number of cyclic esters (lactones) is 1. The van der Waals surface area contributed by atoms with E-state index in [0.29, 0.717) is 19.0 Å². The summed E-state index contributed by atoms with van der Waals surface area (Å²) in [5, 5.41) is 2.86. The molecule has 1 saturated heterocycles. The van der Waals surface area contributed by atoms with Crippen molar-refractivity contribution in [3.05, 3.63) is 18.7 Å². The number of aryl methyl sites for hydroxylation is 1. The van der Waals surface area contributed by atoms with Gasteiger partial charge in [0.1, 0.15) is 12.6 Å². The number of amides is 2. The molecule has 2 amide bonds. The van der Waals surface area contributed by atoms with Gasteiger partial charge in [-0.15, -0.1) is 0 Å². The SMILES string of the molecule is CC(C)CN1C(=O)OC[C@H]1C(=O)NCCCn1ccnc1. The number of imidazole rings is 1. The van der Waals surface area contributed by atoms with Crippen molar-refractivity contribution in [3.8, 4) is 0 Å². The Bertz CT molecular complexity index is 473. The van der Waals surface area contributed by atoms with Gasteiger partial charge in [0.05, 0.1) is 6.33 Å². The molecule has 0 bridgehead atoms. The number of rotatable bonds is 7. The fraction of sp³-hybridized carbons (Fsp3) is 0.643. The van der Waals surface area contributed by atoms with Gasteiger partial charge < -0.3 is 14.6 Å². The Labute approximate surface area is 124 Å². The van der Waals surface area contributed by atoms with Crippen LogP contribution in [0.3, 0.4) is 0 Å². The third-order valence-corrected chi connectivity index (χ3v) is 3.29. The van der Waals surface area contributed by atoms with Crippen molar-refractivity contribution in [1.82, 2.24) is 19.8 Å². The Hall–Kier alpha value is -2.05. The van der Waals surface area contributed by atoms with E-state index in [4.69, 9.17) is 4.74 Å². The summed E-state index contributed by atoms with van der Waals surface area (Å²) in [4.78, 5) is 29.2. The van der Waals surface area contributed by atoms with Crippen LogP contribution in [-0.4, -0.2) is 52.2 Å². The Morgan fingerprint density at radius 2 is 2.38 bits per heavy atom.